The number of esters is 1. The van der Waals surface area contributed by atoms with Crippen LogP contribution in [0, 0.1) is 18.4 Å². The van der Waals surface area contributed by atoms with Gasteiger partial charge in [0.1, 0.15) is 97.7 Å². The zero-order valence-electron chi connectivity index (χ0n) is 65.2. The average Bonchev–Trinajstić information content (AvgIpc) is 1.64. The van der Waals surface area contributed by atoms with E-state index in [4.69, 9.17) is 108 Å². The molecule has 0 amide bonds. The van der Waals surface area contributed by atoms with E-state index >= 15 is 0 Å². The Hall–Kier alpha value is -3.18. The second kappa shape index (κ2) is 45.1. The molecule has 0 saturated carbocycles. The van der Waals surface area contributed by atoms with Crippen LogP contribution in [0.25, 0.3) is 0 Å². The molecule has 0 bridgehead atoms. The van der Waals surface area contributed by atoms with E-state index in [1.54, 1.807) is 75.4 Å². The summed E-state index contributed by atoms with van der Waals surface area (Å²) in [5, 5.41) is 66.3. The van der Waals surface area contributed by atoms with Crippen LogP contribution in [-0.2, 0) is 129 Å². The van der Waals surface area contributed by atoms with Crippen LogP contribution >= 0.6 is 0 Å². The number of allylic oxidation sites excluding steroid dienone is 1. The molecule has 11 rings (SSSR count). The predicted molar refractivity (Wildman–Crippen MR) is 378 cm³/mol. The molecule has 11 saturated heterocycles. The Bertz CT molecular complexity index is 2540. The predicted octanol–water partition coefficient (Wildman–Crippen LogP) is 4.89. The number of carbonyl (C=O) groups is 2. The van der Waals surface area contributed by atoms with Crippen molar-refractivity contribution in [3.8, 4) is 0 Å². The van der Waals surface area contributed by atoms with Crippen LogP contribution in [-0.4, -0.2) is 291 Å². The fourth-order valence-electron chi connectivity index (χ4n) is 14.2. The van der Waals surface area contributed by atoms with Crippen molar-refractivity contribution in [1.29, 1.82) is 0 Å². The summed E-state index contributed by atoms with van der Waals surface area (Å²) in [5.74, 6) is -2.17. The standard InChI is InChI=1S/C13H22O4.2C12H20O5.C12H20O3.C9H14O5.C9H15O4.C8H14O4.Mn.O/c1-6-7-8(2)9-10-11(12(14-5)15-9)17-13(3,4)16-10;2*1-5-6-7(13)8-9-10(11(14-4)15-8)17-12(2,3)16-9;1-5-7-11-12(14-9(4)13)8(3)10(6-2)15-11;1-9(2)13-6-5(4-10)12-8(11-3)7(6)14-9;1-3-4-6-8(10)9(11)7(13-6)5-12-2;1-2-3-5-7(10)8(11)6(4-9)12-5;;/h6,8-12H,1,7H2,2-5H3;2*5,7-11,13H,1,6H2,2-4H3;5,8,10-12H,1,6-7H2,2-4H3;4-8H,1-3H3;3,5-11H,1,4H2,2H3;2,5-11H,1,3-4H2;;/q;;;;;-1;;;/t8-,9?,10?,11?,12?;2*7-,8?,9?,10?,11?;;;;;;/m010....../s1. The monoisotopic (exact) mass is 1580 g/mol. The number of carbonyl (C=O) groups excluding carboxylic acids is 2. The van der Waals surface area contributed by atoms with Gasteiger partial charge < -0.3 is 140 Å². The van der Waals surface area contributed by atoms with Gasteiger partial charge in [-0.3, -0.25) is 4.79 Å². The van der Waals surface area contributed by atoms with Gasteiger partial charge in [-0.15, -0.1) is 39.5 Å². The van der Waals surface area contributed by atoms with E-state index in [0.29, 0.717) is 31.6 Å². The van der Waals surface area contributed by atoms with Crippen molar-refractivity contribution < 1.29 is 165 Å². The molecule has 32 heteroatoms. The van der Waals surface area contributed by atoms with Crippen molar-refractivity contribution in [1.82, 2.24) is 0 Å². The van der Waals surface area contributed by atoms with E-state index in [2.05, 4.69) is 60.2 Å². The quantitative estimate of drug-likeness (QED) is 0.0210. The summed E-state index contributed by atoms with van der Waals surface area (Å²) in [7, 11) is 7.74. The van der Waals surface area contributed by atoms with Gasteiger partial charge in [0.25, 0.3) is 0 Å². The molecule has 11 aliphatic rings. The van der Waals surface area contributed by atoms with E-state index in [9.17, 15) is 40.2 Å². The van der Waals surface area contributed by atoms with Crippen molar-refractivity contribution in [2.24, 2.45) is 11.8 Å². The molecule has 107 heavy (non-hydrogen) atoms. The van der Waals surface area contributed by atoms with Crippen molar-refractivity contribution in [3.05, 3.63) is 82.5 Å². The Kier molecular flexibility index (Phi) is 40.5. The number of aldehydes is 1. The fourth-order valence-corrected chi connectivity index (χ4v) is 14.2. The minimum absolute atomic E-state index is 0.00437. The third-order valence-electron chi connectivity index (χ3n) is 19.0. The Morgan fingerprint density at radius 3 is 1.20 bits per heavy atom. The minimum atomic E-state index is -0.986. The summed E-state index contributed by atoms with van der Waals surface area (Å²) in [4.78, 5) is 21.7. The third-order valence-corrected chi connectivity index (χ3v) is 19.0. The number of hydrogen-bond acceptors (Lipinski definition) is 31. The van der Waals surface area contributed by atoms with Gasteiger partial charge in [-0.25, -0.2) is 0 Å². The Morgan fingerprint density at radius 1 is 0.486 bits per heavy atom. The summed E-state index contributed by atoms with van der Waals surface area (Å²) >= 11 is 1.69. The van der Waals surface area contributed by atoms with Crippen LogP contribution < -0.4 is 0 Å². The van der Waals surface area contributed by atoms with Gasteiger partial charge in [-0.2, -0.15) is 6.61 Å². The first-order valence-electron chi connectivity index (χ1n) is 36.1. The molecule has 11 heterocycles. The molecule has 0 spiro atoms. The first kappa shape index (κ1) is 96.2. The van der Waals surface area contributed by atoms with Gasteiger partial charge >= 0.3 is 25.7 Å². The van der Waals surface area contributed by atoms with E-state index in [1.807, 2.05) is 53.7 Å². The Morgan fingerprint density at radius 2 is 0.832 bits per heavy atom. The normalized spacial score (nSPS) is 39.9. The van der Waals surface area contributed by atoms with E-state index in [1.165, 1.54) is 27.8 Å². The molecule has 28 unspecified atom stereocenters. The zero-order valence-corrected chi connectivity index (χ0v) is 66.4. The van der Waals surface area contributed by atoms with Crippen molar-refractivity contribution in [2.45, 2.75) is 329 Å². The molecule has 619 valence electrons. The summed E-state index contributed by atoms with van der Waals surface area (Å²) < 4.78 is 123. The Labute approximate surface area is 639 Å². The maximum absolute atomic E-state index is 11.0. The van der Waals surface area contributed by atoms with Crippen molar-refractivity contribution in [2.75, 3.05) is 42.2 Å². The second-order valence-corrected chi connectivity index (χ2v) is 28.9. The molecule has 11 fully saturated rings. The molecule has 31 atom stereocenters. The van der Waals surface area contributed by atoms with Crippen molar-refractivity contribution >= 4 is 12.3 Å². The van der Waals surface area contributed by atoms with Crippen LogP contribution in [0.4, 0.5) is 0 Å². The Balaban J connectivity index is 0.000000264. The van der Waals surface area contributed by atoms with Gasteiger partial charge in [0.15, 0.2) is 54.6 Å². The first-order chi connectivity index (χ1) is 50.5. The number of hydrogen-bond donors (Lipinski definition) is 7. The van der Waals surface area contributed by atoms with Gasteiger partial charge in [0.2, 0.25) is 0 Å². The van der Waals surface area contributed by atoms with Gasteiger partial charge in [-0.1, -0.05) is 57.2 Å². The molecule has 0 aromatic heterocycles. The summed E-state index contributed by atoms with van der Waals surface area (Å²) in [6, 6.07) is 0. The number of aliphatic hydroxyl groups excluding tert-OH is 7. The summed E-state index contributed by atoms with van der Waals surface area (Å²) in [6.45, 7) is 45.4. The summed E-state index contributed by atoms with van der Waals surface area (Å²) in [5.41, 5.74) is 0. The number of aliphatic hydroxyl groups is 7. The number of fused-ring (bicyclic) bond motifs is 4. The molecule has 31 nitrogen and oxygen atoms in total. The molecular formula is C75H125MnO31-. The van der Waals surface area contributed by atoms with E-state index in [0.717, 1.165) is 25.5 Å². The molecule has 7 N–H and O–H groups in total. The summed E-state index contributed by atoms with van der Waals surface area (Å²) in [6.07, 6.45) is 3.19. The average molecular weight is 1580 g/mol. The zero-order chi connectivity index (χ0) is 80.6. The van der Waals surface area contributed by atoms with Gasteiger partial charge in [0, 0.05) is 41.3 Å². The molecule has 11 aliphatic heterocycles. The second-order valence-electron chi connectivity index (χ2n) is 28.9. The topological polar surface area (TPSA) is 387 Å². The number of methoxy groups -OCH3 is 5. The van der Waals surface area contributed by atoms with Crippen LogP contribution in [0.5, 0.6) is 0 Å². The van der Waals surface area contributed by atoms with E-state index < -0.39 is 115 Å². The first-order valence-corrected chi connectivity index (χ1v) is 36.6. The molecule has 0 aromatic rings. The number of ether oxygens (including phenoxy) is 21. The van der Waals surface area contributed by atoms with Crippen LogP contribution in [0.15, 0.2) is 75.9 Å². The molecule has 0 radical (unpaired) electrons. The van der Waals surface area contributed by atoms with Crippen LogP contribution in [0.2, 0.25) is 0 Å². The maximum atomic E-state index is 11.0. The number of rotatable bonds is 25. The van der Waals surface area contributed by atoms with Crippen LogP contribution in [0.3, 0.4) is 0 Å². The molecule has 0 aliphatic carbocycles. The third kappa shape index (κ3) is 26.2. The van der Waals surface area contributed by atoms with Gasteiger partial charge in [-0.05, 0) is 119 Å². The fraction of sp³-hybridized carbons (Fsp3) is 0.800. The van der Waals surface area contributed by atoms with Gasteiger partial charge in [0.05, 0.1) is 55.4 Å². The molecule has 0 aromatic carbocycles. The SMILES string of the molecule is C=CCC1OC(CC)C(C)C1OC(C)=O.C=CCC1OC(CO)C(O)C1O.C=CCC1OC([CH-]OC)C(O)C1O.C=CC[C@@H](O)C1OC(OC)C2OC(C)(C)OC21.C=CC[C@H](C)C1OC(OC)C2OC(C)(C)OC21.C=CC[C@H](O)C1OC(OC)C2OC(C)(C)OC21.COC1OC(C=O)C2OC(C)(C)OC12.[O]=[Mn]. The van der Waals surface area contributed by atoms with E-state index in [-0.39, 0.29) is 104 Å². The van der Waals surface area contributed by atoms with Crippen LogP contribution in [0.1, 0.15) is 128 Å². The molecular weight excluding hydrogens is 1450 g/mol. The van der Waals surface area contributed by atoms with Crippen molar-refractivity contribution in [3.63, 3.8) is 0 Å².